The third-order valence-corrected chi connectivity index (χ3v) is 4.98. The van der Waals surface area contributed by atoms with Gasteiger partial charge in [-0.25, -0.2) is 9.97 Å². The van der Waals surface area contributed by atoms with Crippen molar-refractivity contribution in [2.75, 3.05) is 18.5 Å². The van der Waals surface area contributed by atoms with Crippen LogP contribution in [0.5, 0.6) is 11.5 Å². The molecule has 6 heteroatoms. The molecule has 0 unspecified atom stereocenters. The molecule has 3 aromatic rings. The van der Waals surface area contributed by atoms with E-state index in [2.05, 4.69) is 28.3 Å². The van der Waals surface area contributed by atoms with Crippen LogP contribution in [0.1, 0.15) is 17.4 Å². The van der Waals surface area contributed by atoms with Gasteiger partial charge < -0.3 is 14.8 Å². The number of aromatic nitrogens is 2. The Morgan fingerprint density at radius 1 is 1.13 bits per heavy atom. The van der Waals surface area contributed by atoms with E-state index in [0.717, 1.165) is 39.5 Å². The lowest BCUT2D eigenvalue weighted by Crippen LogP contribution is -2.15. The maximum Gasteiger partial charge on any atom is 0.161 e. The van der Waals surface area contributed by atoms with Crippen LogP contribution in [0.15, 0.2) is 30.6 Å². The second kappa shape index (κ2) is 6.04. The fraction of sp³-hybridized carbons (Fsp3) is 0.294. The number of rotatable bonds is 4. The summed E-state index contributed by atoms with van der Waals surface area (Å²) >= 11 is 1.72. The number of aryl methyl sites for hydroxylation is 1. The number of hydrogen-bond donors (Lipinski definition) is 1. The van der Waals surface area contributed by atoms with E-state index in [0.29, 0.717) is 19.8 Å². The number of fused-ring (bicyclic) bond motifs is 2. The lowest BCUT2D eigenvalue weighted by molar-refractivity contribution is 0.171. The lowest BCUT2D eigenvalue weighted by atomic mass is 10.2. The largest absolute Gasteiger partial charge is 0.486 e. The third-order valence-electron chi connectivity index (χ3n) is 3.80. The molecule has 23 heavy (non-hydrogen) atoms. The van der Waals surface area contributed by atoms with Crippen LogP contribution in [0.4, 0.5) is 5.82 Å². The van der Waals surface area contributed by atoms with Crippen LogP contribution in [0.3, 0.4) is 0 Å². The SMILES string of the molecule is CCc1cc2c(NCc3ccc4c(c3)OCCO4)ncnc2s1. The van der Waals surface area contributed by atoms with Crippen molar-refractivity contribution >= 4 is 27.4 Å². The second-order valence-electron chi connectivity index (χ2n) is 5.34. The smallest absolute Gasteiger partial charge is 0.161 e. The van der Waals surface area contributed by atoms with Crippen molar-refractivity contribution in [3.05, 3.63) is 41.0 Å². The van der Waals surface area contributed by atoms with Gasteiger partial charge in [-0.3, -0.25) is 0 Å². The summed E-state index contributed by atoms with van der Waals surface area (Å²) in [6.45, 7) is 4.05. The number of thiophene rings is 1. The normalized spacial score (nSPS) is 13.3. The van der Waals surface area contributed by atoms with Crippen molar-refractivity contribution in [1.29, 1.82) is 0 Å². The van der Waals surface area contributed by atoms with E-state index in [9.17, 15) is 0 Å². The van der Waals surface area contributed by atoms with Gasteiger partial charge in [-0.15, -0.1) is 11.3 Å². The van der Waals surface area contributed by atoms with Gasteiger partial charge in [0.1, 0.15) is 30.2 Å². The molecule has 0 fully saturated rings. The van der Waals surface area contributed by atoms with Gasteiger partial charge in [-0.2, -0.15) is 0 Å². The molecule has 0 aliphatic carbocycles. The Hall–Kier alpha value is -2.34. The lowest BCUT2D eigenvalue weighted by Gasteiger charge is -2.19. The number of ether oxygens (including phenoxy) is 2. The molecule has 2 aromatic heterocycles. The van der Waals surface area contributed by atoms with Gasteiger partial charge in [0.15, 0.2) is 11.5 Å². The van der Waals surface area contributed by atoms with E-state index >= 15 is 0 Å². The highest BCUT2D eigenvalue weighted by atomic mass is 32.1. The quantitative estimate of drug-likeness (QED) is 0.793. The van der Waals surface area contributed by atoms with Gasteiger partial charge >= 0.3 is 0 Å². The van der Waals surface area contributed by atoms with E-state index < -0.39 is 0 Å². The van der Waals surface area contributed by atoms with Crippen LogP contribution in [-0.4, -0.2) is 23.2 Å². The summed E-state index contributed by atoms with van der Waals surface area (Å²) in [5, 5.41) is 4.50. The predicted molar refractivity (Wildman–Crippen MR) is 91.6 cm³/mol. The van der Waals surface area contributed by atoms with E-state index in [4.69, 9.17) is 9.47 Å². The average molecular weight is 327 g/mol. The first-order valence-corrected chi connectivity index (χ1v) is 8.51. The van der Waals surface area contributed by atoms with Crippen LogP contribution < -0.4 is 14.8 Å². The van der Waals surface area contributed by atoms with Gasteiger partial charge in [0.05, 0.1) is 5.39 Å². The molecule has 0 spiro atoms. The summed E-state index contributed by atoms with van der Waals surface area (Å²) in [4.78, 5) is 11.1. The Balaban J connectivity index is 1.56. The second-order valence-corrected chi connectivity index (χ2v) is 6.45. The van der Waals surface area contributed by atoms with E-state index in [1.54, 1.807) is 17.7 Å². The standard InChI is InChI=1S/C17H17N3O2S/c1-2-12-8-13-16(19-10-20-17(13)23-12)18-9-11-3-4-14-15(7-11)22-6-5-21-14/h3-4,7-8,10H,2,5-6,9H2,1H3,(H,18,19,20). The molecule has 0 amide bonds. The van der Waals surface area contributed by atoms with Crippen molar-refractivity contribution in [2.24, 2.45) is 0 Å². The predicted octanol–water partition coefficient (Wildman–Crippen LogP) is 3.64. The zero-order valence-corrected chi connectivity index (χ0v) is 13.7. The summed E-state index contributed by atoms with van der Waals surface area (Å²) in [6.07, 6.45) is 2.63. The molecule has 1 N–H and O–H groups in total. The maximum atomic E-state index is 5.63. The number of nitrogens with zero attached hydrogens (tertiary/aromatic N) is 2. The van der Waals surface area contributed by atoms with Crippen molar-refractivity contribution in [3.8, 4) is 11.5 Å². The number of benzene rings is 1. The minimum Gasteiger partial charge on any atom is -0.486 e. The molecule has 5 nitrogen and oxygen atoms in total. The molecule has 0 saturated carbocycles. The topological polar surface area (TPSA) is 56.3 Å². The van der Waals surface area contributed by atoms with E-state index in [1.807, 2.05) is 18.2 Å². The molecule has 118 valence electrons. The van der Waals surface area contributed by atoms with Gasteiger partial charge in [-0.1, -0.05) is 13.0 Å². The third kappa shape index (κ3) is 2.82. The molecule has 0 bridgehead atoms. The van der Waals surface area contributed by atoms with Crippen LogP contribution in [0.2, 0.25) is 0 Å². The zero-order valence-electron chi connectivity index (χ0n) is 12.8. The van der Waals surface area contributed by atoms with E-state index in [-0.39, 0.29) is 0 Å². The Labute approximate surface area is 138 Å². The zero-order chi connectivity index (χ0) is 15.6. The molecule has 0 saturated heterocycles. The van der Waals surface area contributed by atoms with Crippen molar-refractivity contribution < 1.29 is 9.47 Å². The molecule has 1 aliphatic heterocycles. The molecule has 0 atom stereocenters. The maximum absolute atomic E-state index is 5.63. The number of hydrogen-bond acceptors (Lipinski definition) is 6. The molecular weight excluding hydrogens is 310 g/mol. The first-order valence-electron chi connectivity index (χ1n) is 7.69. The van der Waals surface area contributed by atoms with Gasteiger partial charge in [0, 0.05) is 11.4 Å². The molecule has 4 rings (SSSR count). The Kier molecular flexibility index (Phi) is 3.75. The van der Waals surface area contributed by atoms with Crippen LogP contribution in [-0.2, 0) is 13.0 Å². The van der Waals surface area contributed by atoms with Gasteiger partial charge in [-0.05, 0) is 30.2 Å². The average Bonchev–Trinajstić information content (AvgIpc) is 3.03. The Morgan fingerprint density at radius 2 is 2.00 bits per heavy atom. The van der Waals surface area contributed by atoms with Gasteiger partial charge in [0.2, 0.25) is 0 Å². The highest BCUT2D eigenvalue weighted by Crippen LogP contribution is 2.32. The Bertz CT molecular complexity index is 847. The highest BCUT2D eigenvalue weighted by molar-refractivity contribution is 7.18. The summed E-state index contributed by atoms with van der Waals surface area (Å²) in [5.74, 6) is 2.50. The van der Waals surface area contributed by atoms with Crippen LogP contribution in [0, 0.1) is 0 Å². The fourth-order valence-corrected chi connectivity index (χ4v) is 3.54. The molecule has 1 aromatic carbocycles. The minimum absolute atomic E-state index is 0.602. The van der Waals surface area contributed by atoms with Crippen LogP contribution >= 0.6 is 11.3 Å². The van der Waals surface area contributed by atoms with Crippen molar-refractivity contribution in [1.82, 2.24) is 9.97 Å². The molecule has 3 heterocycles. The number of anilines is 1. The minimum atomic E-state index is 0.602. The fourth-order valence-electron chi connectivity index (χ4n) is 2.60. The van der Waals surface area contributed by atoms with E-state index in [1.165, 1.54) is 4.88 Å². The Morgan fingerprint density at radius 3 is 2.87 bits per heavy atom. The number of nitrogens with one attached hydrogen (secondary N) is 1. The molecule has 1 aliphatic rings. The highest BCUT2D eigenvalue weighted by Gasteiger charge is 2.12. The first-order chi connectivity index (χ1) is 11.3. The summed E-state index contributed by atoms with van der Waals surface area (Å²) in [5.41, 5.74) is 1.13. The van der Waals surface area contributed by atoms with Crippen molar-refractivity contribution in [2.45, 2.75) is 19.9 Å². The van der Waals surface area contributed by atoms with Crippen LogP contribution in [0.25, 0.3) is 10.2 Å². The van der Waals surface area contributed by atoms with Crippen molar-refractivity contribution in [3.63, 3.8) is 0 Å². The first kappa shape index (κ1) is 14.3. The summed E-state index contributed by atoms with van der Waals surface area (Å²) < 4.78 is 11.2. The summed E-state index contributed by atoms with van der Waals surface area (Å²) in [6, 6.07) is 8.20. The molecule has 0 radical (unpaired) electrons. The van der Waals surface area contributed by atoms with Gasteiger partial charge in [0.25, 0.3) is 0 Å². The summed E-state index contributed by atoms with van der Waals surface area (Å²) in [7, 11) is 0. The molecular formula is C17H17N3O2S. The monoisotopic (exact) mass is 327 g/mol.